The van der Waals surface area contributed by atoms with Crippen LogP contribution in [-0.4, -0.2) is 34.1 Å². The highest BCUT2D eigenvalue weighted by atomic mass is 32.2. The van der Waals surface area contributed by atoms with Gasteiger partial charge in [0.15, 0.2) is 0 Å². The Kier molecular flexibility index (Phi) is 5.63. The average molecular weight is 301 g/mol. The first-order chi connectivity index (χ1) is 9.27. The number of benzene rings is 1. The standard InChI is InChI=1S/C12H19N3O4S/c1-8-10(4-3-5-11(8)20(14,17)18)15-12(16)9(13)6-7-19-2/h3-5,9H,6-7,13H2,1-2H3,(H,15,16)(H2,14,17,18). The molecule has 0 heterocycles. The third-order valence-corrected chi connectivity index (χ3v) is 3.87. The van der Waals surface area contributed by atoms with Gasteiger partial charge in [0.05, 0.1) is 10.9 Å². The smallest absolute Gasteiger partial charge is 0.241 e. The van der Waals surface area contributed by atoms with E-state index in [0.29, 0.717) is 24.3 Å². The van der Waals surface area contributed by atoms with Crippen LogP contribution in [0.4, 0.5) is 5.69 Å². The van der Waals surface area contributed by atoms with E-state index in [2.05, 4.69) is 5.32 Å². The Labute approximate surface area is 118 Å². The lowest BCUT2D eigenvalue weighted by molar-refractivity contribution is -0.117. The Morgan fingerprint density at radius 1 is 1.45 bits per heavy atom. The molecule has 0 saturated heterocycles. The number of nitrogens with two attached hydrogens (primary N) is 2. The summed E-state index contributed by atoms with van der Waals surface area (Å²) in [7, 11) is -2.31. The molecule has 5 N–H and O–H groups in total. The molecule has 0 radical (unpaired) electrons. The van der Waals surface area contributed by atoms with Crippen LogP contribution in [-0.2, 0) is 19.6 Å². The highest BCUT2D eigenvalue weighted by Crippen LogP contribution is 2.22. The van der Waals surface area contributed by atoms with Crippen LogP contribution in [0.15, 0.2) is 23.1 Å². The average Bonchev–Trinajstić information content (AvgIpc) is 2.36. The summed E-state index contributed by atoms with van der Waals surface area (Å²) < 4.78 is 27.6. The van der Waals surface area contributed by atoms with E-state index in [1.165, 1.54) is 19.2 Å². The van der Waals surface area contributed by atoms with Gasteiger partial charge in [0, 0.05) is 19.4 Å². The van der Waals surface area contributed by atoms with Crippen LogP contribution in [0.1, 0.15) is 12.0 Å². The van der Waals surface area contributed by atoms with E-state index in [1.807, 2.05) is 0 Å². The summed E-state index contributed by atoms with van der Waals surface area (Å²) in [6.07, 6.45) is 0.371. The van der Waals surface area contributed by atoms with Gasteiger partial charge in [0.25, 0.3) is 0 Å². The van der Waals surface area contributed by atoms with E-state index >= 15 is 0 Å². The van der Waals surface area contributed by atoms with Gasteiger partial charge in [-0.3, -0.25) is 4.79 Å². The van der Waals surface area contributed by atoms with Gasteiger partial charge in [0.1, 0.15) is 0 Å². The van der Waals surface area contributed by atoms with E-state index in [0.717, 1.165) is 0 Å². The molecule has 0 aliphatic heterocycles. The van der Waals surface area contributed by atoms with E-state index < -0.39 is 22.0 Å². The zero-order valence-electron chi connectivity index (χ0n) is 11.4. The van der Waals surface area contributed by atoms with Crippen molar-refractivity contribution < 1.29 is 17.9 Å². The third-order valence-electron chi connectivity index (χ3n) is 2.82. The molecular formula is C12H19N3O4S. The Balaban J connectivity index is 2.91. The molecule has 0 bridgehead atoms. The van der Waals surface area contributed by atoms with Crippen LogP contribution in [0.2, 0.25) is 0 Å². The van der Waals surface area contributed by atoms with Gasteiger partial charge in [0.2, 0.25) is 15.9 Å². The number of hydrogen-bond donors (Lipinski definition) is 3. The molecule has 0 saturated carbocycles. The van der Waals surface area contributed by atoms with Crippen LogP contribution >= 0.6 is 0 Å². The van der Waals surface area contributed by atoms with Gasteiger partial charge in [-0.25, -0.2) is 13.6 Å². The zero-order chi connectivity index (χ0) is 15.3. The summed E-state index contributed by atoms with van der Waals surface area (Å²) in [6, 6.07) is 3.74. The minimum atomic E-state index is -3.83. The van der Waals surface area contributed by atoms with Gasteiger partial charge >= 0.3 is 0 Å². The molecule has 0 spiro atoms. The molecule has 1 amide bonds. The third kappa shape index (κ3) is 4.27. The minimum absolute atomic E-state index is 0.0271. The number of hydrogen-bond acceptors (Lipinski definition) is 5. The fraction of sp³-hybridized carbons (Fsp3) is 0.417. The molecule has 7 nitrogen and oxygen atoms in total. The van der Waals surface area contributed by atoms with E-state index in [-0.39, 0.29) is 4.90 Å². The SMILES string of the molecule is COCCC(N)C(=O)Nc1cccc(S(N)(=O)=O)c1C. The van der Waals surface area contributed by atoms with Crippen molar-refractivity contribution in [2.45, 2.75) is 24.3 Å². The summed E-state index contributed by atoms with van der Waals surface area (Å²) in [6.45, 7) is 1.93. The second-order valence-electron chi connectivity index (χ2n) is 4.35. The normalized spacial score (nSPS) is 13.0. The fourth-order valence-corrected chi connectivity index (χ4v) is 2.46. The number of rotatable bonds is 6. The molecule has 0 aliphatic carbocycles. The molecule has 1 aromatic carbocycles. The molecule has 1 aromatic rings. The predicted molar refractivity (Wildman–Crippen MR) is 75.7 cm³/mol. The molecule has 8 heteroatoms. The van der Waals surface area contributed by atoms with Crippen LogP contribution in [0, 0.1) is 6.92 Å². The molecule has 0 fully saturated rings. The maximum absolute atomic E-state index is 11.9. The van der Waals surface area contributed by atoms with E-state index in [9.17, 15) is 13.2 Å². The largest absolute Gasteiger partial charge is 0.385 e. The molecule has 1 unspecified atom stereocenters. The Hall–Kier alpha value is -1.48. The number of nitrogens with one attached hydrogen (secondary N) is 1. The molecule has 20 heavy (non-hydrogen) atoms. The van der Waals surface area contributed by atoms with Gasteiger partial charge in [-0.15, -0.1) is 0 Å². The van der Waals surface area contributed by atoms with Crippen LogP contribution in [0.25, 0.3) is 0 Å². The number of carbonyl (C=O) groups is 1. The molecule has 0 aliphatic rings. The number of carbonyl (C=O) groups excluding carboxylic acids is 1. The topological polar surface area (TPSA) is 125 Å². The number of amides is 1. The second kappa shape index (κ2) is 6.80. The maximum Gasteiger partial charge on any atom is 0.241 e. The van der Waals surface area contributed by atoms with Crippen LogP contribution in [0.5, 0.6) is 0 Å². The Morgan fingerprint density at radius 3 is 2.65 bits per heavy atom. The van der Waals surface area contributed by atoms with Gasteiger partial charge in [-0.2, -0.15) is 0 Å². The van der Waals surface area contributed by atoms with Gasteiger partial charge in [-0.1, -0.05) is 6.07 Å². The van der Waals surface area contributed by atoms with Crippen LogP contribution < -0.4 is 16.2 Å². The summed E-state index contributed by atoms with van der Waals surface area (Å²) in [5, 5.41) is 7.69. The maximum atomic E-state index is 11.9. The van der Waals surface area contributed by atoms with Crippen molar-refractivity contribution >= 4 is 21.6 Å². The summed E-state index contributed by atoms with van der Waals surface area (Å²) in [5.41, 5.74) is 6.44. The summed E-state index contributed by atoms with van der Waals surface area (Å²) in [5.74, 6) is -0.406. The number of methoxy groups -OCH3 is 1. The van der Waals surface area contributed by atoms with Gasteiger partial charge in [-0.05, 0) is 31.0 Å². The van der Waals surface area contributed by atoms with Crippen molar-refractivity contribution in [2.75, 3.05) is 19.0 Å². The van der Waals surface area contributed by atoms with E-state index in [4.69, 9.17) is 15.6 Å². The van der Waals surface area contributed by atoms with Crippen molar-refractivity contribution in [1.29, 1.82) is 0 Å². The molecule has 112 valence electrons. The highest BCUT2D eigenvalue weighted by molar-refractivity contribution is 7.89. The zero-order valence-corrected chi connectivity index (χ0v) is 12.2. The first-order valence-electron chi connectivity index (χ1n) is 5.95. The number of ether oxygens (including phenoxy) is 1. The van der Waals surface area contributed by atoms with Crippen molar-refractivity contribution in [3.8, 4) is 0 Å². The summed E-state index contributed by atoms with van der Waals surface area (Å²) in [4.78, 5) is 11.8. The van der Waals surface area contributed by atoms with Crippen molar-refractivity contribution in [2.24, 2.45) is 10.9 Å². The minimum Gasteiger partial charge on any atom is -0.385 e. The monoisotopic (exact) mass is 301 g/mol. The first kappa shape index (κ1) is 16.6. The fourth-order valence-electron chi connectivity index (χ4n) is 1.66. The summed E-state index contributed by atoms with van der Waals surface area (Å²) >= 11 is 0. The lowest BCUT2D eigenvalue weighted by Gasteiger charge is -2.14. The van der Waals surface area contributed by atoms with Crippen LogP contribution in [0.3, 0.4) is 0 Å². The lowest BCUT2D eigenvalue weighted by atomic mass is 10.1. The Bertz CT molecular complexity index is 586. The predicted octanol–water partition coefficient (Wildman–Crippen LogP) is -0.0553. The van der Waals surface area contributed by atoms with Crippen molar-refractivity contribution in [1.82, 2.24) is 0 Å². The molecule has 1 rings (SSSR count). The second-order valence-corrected chi connectivity index (χ2v) is 5.88. The first-order valence-corrected chi connectivity index (χ1v) is 7.49. The van der Waals surface area contributed by atoms with Crippen molar-refractivity contribution in [3.05, 3.63) is 23.8 Å². The molecule has 1 atom stereocenters. The number of sulfonamides is 1. The van der Waals surface area contributed by atoms with Crippen molar-refractivity contribution in [3.63, 3.8) is 0 Å². The van der Waals surface area contributed by atoms with Gasteiger partial charge < -0.3 is 15.8 Å². The quantitative estimate of drug-likeness (QED) is 0.679. The highest BCUT2D eigenvalue weighted by Gasteiger charge is 2.17. The molecule has 0 aromatic heterocycles. The number of anilines is 1. The van der Waals surface area contributed by atoms with E-state index in [1.54, 1.807) is 13.0 Å². The Morgan fingerprint density at radius 2 is 2.10 bits per heavy atom. The lowest BCUT2D eigenvalue weighted by Crippen LogP contribution is -2.36. The molecular weight excluding hydrogens is 282 g/mol. The number of primary sulfonamides is 1.